The van der Waals surface area contributed by atoms with E-state index in [9.17, 15) is 9.90 Å². The Balaban J connectivity index is 2.08. The maximum atomic E-state index is 11.3. The van der Waals surface area contributed by atoms with Gasteiger partial charge < -0.3 is 5.11 Å². The molecule has 102 valence electrons. The van der Waals surface area contributed by atoms with Crippen LogP contribution in [-0.4, -0.2) is 40.8 Å². The third-order valence-corrected chi connectivity index (χ3v) is 3.35. The van der Waals surface area contributed by atoms with Gasteiger partial charge in [-0.15, -0.1) is 16.4 Å². The fraction of sp³-hybridized carbons (Fsp3) is 0.182. The number of aromatic nitrogens is 6. The van der Waals surface area contributed by atoms with Crippen molar-refractivity contribution in [2.24, 2.45) is 7.05 Å². The average Bonchev–Trinajstić information content (AvgIpc) is 3.09. The van der Waals surface area contributed by atoms with Gasteiger partial charge >= 0.3 is 5.97 Å². The second-order valence-corrected chi connectivity index (χ2v) is 4.85. The third-order valence-electron chi connectivity index (χ3n) is 2.71. The molecule has 3 rings (SSSR count). The highest BCUT2D eigenvalue weighted by atomic mass is 32.1. The zero-order valence-electron chi connectivity index (χ0n) is 10.5. The molecule has 0 aliphatic heterocycles. The molecule has 0 spiro atoms. The standard InChI is InChI=1S/C11H10N6O2S/c1-16-3-7(2-13-16)10-9(11(18)19)14-15-17(10)4-8-5-20-6-12-8/h2-3,5-6H,4H2,1H3,(H,18,19). The van der Waals surface area contributed by atoms with Crippen molar-refractivity contribution in [3.63, 3.8) is 0 Å². The van der Waals surface area contributed by atoms with E-state index >= 15 is 0 Å². The minimum absolute atomic E-state index is 0.0896. The van der Waals surface area contributed by atoms with Crippen LogP contribution in [0.2, 0.25) is 0 Å². The fourth-order valence-corrected chi connectivity index (χ4v) is 2.42. The first-order chi connectivity index (χ1) is 9.65. The highest BCUT2D eigenvalue weighted by Crippen LogP contribution is 2.22. The maximum absolute atomic E-state index is 11.3. The molecular formula is C11H10N6O2S. The van der Waals surface area contributed by atoms with Crippen LogP contribution in [0, 0.1) is 0 Å². The molecule has 0 atom stereocenters. The van der Waals surface area contributed by atoms with Gasteiger partial charge in [0, 0.05) is 24.2 Å². The Bertz CT molecular complexity index is 745. The molecule has 20 heavy (non-hydrogen) atoms. The summed E-state index contributed by atoms with van der Waals surface area (Å²) in [6, 6.07) is 0. The summed E-state index contributed by atoms with van der Waals surface area (Å²) in [6.45, 7) is 0.369. The van der Waals surface area contributed by atoms with E-state index in [0.717, 1.165) is 5.69 Å². The van der Waals surface area contributed by atoms with Gasteiger partial charge in [-0.1, -0.05) is 5.21 Å². The molecule has 0 saturated heterocycles. The van der Waals surface area contributed by atoms with Crippen molar-refractivity contribution in [2.75, 3.05) is 0 Å². The molecule has 0 bridgehead atoms. The van der Waals surface area contributed by atoms with Crippen LogP contribution in [-0.2, 0) is 13.6 Å². The minimum Gasteiger partial charge on any atom is -0.476 e. The van der Waals surface area contributed by atoms with Gasteiger partial charge in [-0.05, 0) is 0 Å². The summed E-state index contributed by atoms with van der Waals surface area (Å²) in [6.07, 6.45) is 3.31. The third kappa shape index (κ3) is 2.18. The molecule has 0 fully saturated rings. The highest BCUT2D eigenvalue weighted by molar-refractivity contribution is 7.07. The number of thiazole rings is 1. The number of carbonyl (C=O) groups is 1. The topological polar surface area (TPSA) is 98.7 Å². The van der Waals surface area contributed by atoms with Crippen molar-refractivity contribution in [3.05, 3.63) is 34.7 Å². The zero-order chi connectivity index (χ0) is 14.1. The van der Waals surface area contributed by atoms with Gasteiger partial charge in [-0.25, -0.2) is 14.5 Å². The molecule has 0 aliphatic rings. The summed E-state index contributed by atoms with van der Waals surface area (Å²) in [5, 5.41) is 22.8. The molecule has 1 N–H and O–H groups in total. The van der Waals surface area contributed by atoms with Crippen LogP contribution in [0.1, 0.15) is 16.2 Å². The lowest BCUT2D eigenvalue weighted by Crippen LogP contribution is -2.06. The smallest absolute Gasteiger partial charge is 0.358 e. The molecule has 0 saturated carbocycles. The van der Waals surface area contributed by atoms with Crippen LogP contribution >= 0.6 is 11.3 Å². The Hall–Kier alpha value is -2.55. The van der Waals surface area contributed by atoms with Gasteiger partial charge in [0.1, 0.15) is 5.69 Å². The monoisotopic (exact) mass is 290 g/mol. The first kappa shape index (κ1) is 12.5. The molecule has 0 aromatic carbocycles. The minimum atomic E-state index is -1.12. The number of aromatic carboxylic acids is 1. The van der Waals surface area contributed by atoms with Gasteiger partial charge in [-0.2, -0.15) is 5.10 Å². The van der Waals surface area contributed by atoms with Crippen LogP contribution in [0.3, 0.4) is 0 Å². The van der Waals surface area contributed by atoms with Gasteiger partial charge in [0.15, 0.2) is 5.69 Å². The summed E-state index contributed by atoms with van der Waals surface area (Å²) in [5.74, 6) is -1.12. The van der Waals surface area contributed by atoms with Crippen molar-refractivity contribution in [3.8, 4) is 11.3 Å². The molecule has 9 heteroatoms. The summed E-state index contributed by atoms with van der Waals surface area (Å²) >= 11 is 1.47. The SMILES string of the molecule is Cn1cc(-c2c(C(=O)O)nnn2Cc2cscn2)cn1. The van der Waals surface area contributed by atoms with Crippen LogP contribution in [0.15, 0.2) is 23.3 Å². The van der Waals surface area contributed by atoms with Crippen molar-refractivity contribution in [1.29, 1.82) is 0 Å². The van der Waals surface area contributed by atoms with Gasteiger partial charge in [0.05, 0.1) is 23.9 Å². The summed E-state index contributed by atoms with van der Waals surface area (Å²) < 4.78 is 3.12. The second kappa shape index (κ2) is 4.85. The maximum Gasteiger partial charge on any atom is 0.358 e. The number of hydrogen-bond acceptors (Lipinski definition) is 6. The van der Waals surface area contributed by atoms with Crippen LogP contribution in [0.4, 0.5) is 0 Å². The van der Waals surface area contributed by atoms with Gasteiger partial charge in [-0.3, -0.25) is 4.68 Å². The van der Waals surface area contributed by atoms with Crippen molar-refractivity contribution in [1.82, 2.24) is 29.8 Å². The normalized spacial score (nSPS) is 10.8. The molecule has 8 nitrogen and oxygen atoms in total. The molecule has 0 aliphatic carbocycles. The predicted octanol–water partition coefficient (Wildman–Crippen LogP) is 0.882. The molecule has 3 heterocycles. The number of carboxylic acids is 1. The van der Waals surface area contributed by atoms with Crippen molar-refractivity contribution >= 4 is 17.3 Å². The first-order valence-corrected chi connectivity index (χ1v) is 6.62. The summed E-state index contributed by atoms with van der Waals surface area (Å²) in [7, 11) is 1.76. The lowest BCUT2D eigenvalue weighted by atomic mass is 10.2. The molecule has 3 aromatic rings. The van der Waals surface area contributed by atoms with Crippen LogP contribution < -0.4 is 0 Å². The Morgan fingerprint density at radius 1 is 1.50 bits per heavy atom. The zero-order valence-corrected chi connectivity index (χ0v) is 11.3. The van der Waals surface area contributed by atoms with Crippen LogP contribution in [0.25, 0.3) is 11.3 Å². The lowest BCUT2D eigenvalue weighted by molar-refractivity contribution is 0.0691. The van der Waals surface area contributed by atoms with E-state index in [0.29, 0.717) is 17.8 Å². The lowest BCUT2D eigenvalue weighted by Gasteiger charge is -2.03. The largest absolute Gasteiger partial charge is 0.476 e. The second-order valence-electron chi connectivity index (χ2n) is 4.13. The first-order valence-electron chi connectivity index (χ1n) is 5.68. The quantitative estimate of drug-likeness (QED) is 0.766. The molecule has 0 unspecified atom stereocenters. The van der Waals surface area contributed by atoms with Crippen molar-refractivity contribution < 1.29 is 9.90 Å². The van der Waals surface area contributed by atoms with Gasteiger partial charge in [0.25, 0.3) is 0 Å². The summed E-state index contributed by atoms with van der Waals surface area (Å²) in [5.41, 5.74) is 3.52. The molecule has 0 amide bonds. The Kier molecular flexibility index (Phi) is 3.03. The molecule has 0 radical (unpaired) electrons. The Labute approximate surface area is 117 Å². The number of carboxylic acid groups (broad SMARTS) is 1. The summed E-state index contributed by atoms with van der Waals surface area (Å²) in [4.78, 5) is 15.4. The highest BCUT2D eigenvalue weighted by Gasteiger charge is 2.22. The Morgan fingerprint density at radius 3 is 2.95 bits per heavy atom. The fourth-order valence-electron chi connectivity index (χ4n) is 1.87. The Morgan fingerprint density at radius 2 is 2.35 bits per heavy atom. The van der Waals surface area contributed by atoms with E-state index in [1.807, 2.05) is 5.38 Å². The van der Waals surface area contributed by atoms with E-state index in [-0.39, 0.29) is 5.69 Å². The van der Waals surface area contributed by atoms with E-state index in [1.165, 1.54) is 16.0 Å². The predicted molar refractivity (Wildman–Crippen MR) is 70.4 cm³/mol. The molecular weight excluding hydrogens is 280 g/mol. The van der Waals surface area contributed by atoms with E-state index in [2.05, 4.69) is 20.4 Å². The average molecular weight is 290 g/mol. The van der Waals surface area contributed by atoms with Crippen LogP contribution in [0.5, 0.6) is 0 Å². The number of hydrogen-bond donors (Lipinski definition) is 1. The number of rotatable bonds is 4. The van der Waals surface area contributed by atoms with E-state index < -0.39 is 5.97 Å². The molecule has 3 aromatic heterocycles. The number of nitrogens with zero attached hydrogens (tertiary/aromatic N) is 6. The van der Waals surface area contributed by atoms with E-state index in [1.54, 1.807) is 29.6 Å². The van der Waals surface area contributed by atoms with E-state index in [4.69, 9.17) is 0 Å². The number of aryl methyl sites for hydroxylation is 1. The van der Waals surface area contributed by atoms with Gasteiger partial charge in [0.2, 0.25) is 0 Å². The van der Waals surface area contributed by atoms with Crippen molar-refractivity contribution in [2.45, 2.75) is 6.54 Å².